The molecule has 2 aromatic carbocycles. The number of piperazine rings is 1. The van der Waals surface area contributed by atoms with Crippen LogP contribution in [0.15, 0.2) is 60.4 Å². The summed E-state index contributed by atoms with van der Waals surface area (Å²) in [4.78, 5) is 19.8. The first-order valence-electron chi connectivity index (χ1n) is 11.1. The maximum absolute atomic E-state index is 13.8. The molecule has 0 spiro atoms. The van der Waals surface area contributed by atoms with Gasteiger partial charge in [0.1, 0.15) is 17.7 Å². The summed E-state index contributed by atoms with van der Waals surface area (Å²) in [5.41, 5.74) is 3.26. The predicted molar refractivity (Wildman–Crippen MR) is 133 cm³/mol. The highest BCUT2D eigenvalue weighted by molar-refractivity contribution is 6.42. The number of carbonyl (C=O) groups excluding carboxylic acids is 1. The molecular formula is C25H24Cl2FN5O. The fraction of sp³-hybridized carbons (Fsp3) is 0.280. The fourth-order valence-electron chi connectivity index (χ4n) is 4.75. The van der Waals surface area contributed by atoms with Crippen LogP contribution < -0.4 is 9.80 Å². The molecule has 9 heteroatoms. The molecule has 0 N–H and O–H groups in total. The fourth-order valence-corrected chi connectivity index (χ4v) is 5.16. The maximum atomic E-state index is 13.8. The largest absolute Gasteiger partial charge is 0.368 e. The lowest BCUT2D eigenvalue weighted by Gasteiger charge is -2.39. The van der Waals surface area contributed by atoms with Crippen molar-refractivity contribution in [2.24, 2.45) is 0 Å². The number of halogens is 3. The van der Waals surface area contributed by atoms with Gasteiger partial charge in [-0.2, -0.15) is 5.10 Å². The number of hydrogen-bond acceptors (Lipinski definition) is 4. The van der Waals surface area contributed by atoms with Crippen LogP contribution in [-0.4, -0.2) is 53.8 Å². The van der Waals surface area contributed by atoms with E-state index in [4.69, 9.17) is 23.2 Å². The van der Waals surface area contributed by atoms with Gasteiger partial charge in [-0.05, 0) is 37.3 Å². The smallest absolute Gasteiger partial charge is 0.253 e. The van der Waals surface area contributed by atoms with Gasteiger partial charge in [-0.3, -0.25) is 4.79 Å². The summed E-state index contributed by atoms with van der Waals surface area (Å²) in [6.07, 6.45) is 3.67. The van der Waals surface area contributed by atoms with Crippen LogP contribution in [0.4, 0.5) is 15.9 Å². The molecule has 0 bridgehead atoms. The van der Waals surface area contributed by atoms with Gasteiger partial charge in [0.15, 0.2) is 0 Å². The molecule has 1 fully saturated rings. The minimum Gasteiger partial charge on any atom is -0.368 e. The number of hydrogen-bond donors (Lipinski definition) is 0. The van der Waals surface area contributed by atoms with E-state index in [1.165, 1.54) is 12.1 Å². The second-order valence-corrected chi connectivity index (χ2v) is 9.38. The lowest BCUT2D eigenvalue weighted by atomic mass is 9.96. The topological polar surface area (TPSA) is 44.6 Å². The van der Waals surface area contributed by atoms with E-state index in [0.717, 1.165) is 22.6 Å². The van der Waals surface area contributed by atoms with Gasteiger partial charge < -0.3 is 14.7 Å². The van der Waals surface area contributed by atoms with E-state index in [-0.39, 0.29) is 11.7 Å². The van der Waals surface area contributed by atoms with Gasteiger partial charge in [0.2, 0.25) is 0 Å². The number of carbonyl (C=O) groups is 1. The van der Waals surface area contributed by atoms with Crippen LogP contribution in [0, 0.1) is 12.7 Å². The molecule has 34 heavy (non-hydrogen) atoms. The minimum absolute atomic E-state index is 0.0644. The number of aryl methyl sites for hydroxylation is 1. The number of amides is 1. The molecule has 0 saturated carbocycles. The van der Waals surface area contributed by atoms with E-state index in [9.17, 15) is 9.18 Å². The van der Waals surface area contributed by atoms with Gasteiger partial charge in [0, 0.05) is 56.2 Å². The summed E-state index contributed by atoms with van der Waals surface area (Å²) in [5.74, 6) is 0.578. The average molecular weight is 500 g/mol. The third-order valence-corrected chi connectivity index (χ3v) is 7.27. The third-order valence-electron chi connectivity index (χ3n) is 6.43. The van der Waals surface area contributed by atoms with Gasteiger partial charge in [0.25, 0.3) is 5.91 Å². The van der Waals surface area contributed by atoms with Crippen LogP contribution in [0.1, 0.15) is 17.2 Å². The summed E-state index contributed by atoms with van der Waals surface area (Å²) in [7, 11) is 1.91. The zero-order chi connectivity index (χ0) is 24.0. The number of aromatic nitrogens is 2. The Morgan fingerprint density at radius 1 is 1.06 bits per heavy atom. The molecule has 6 nitrogen and oxygen atoms in total. The molecule has 1 amide bonds. The second kappa shape index (κ2) is 8.96. The Balaban J connectivity index is 1.45. The van der Waals surface area contributed by atoms with Crippen LogP contribution in [0.2, 0.25) is 10.0 Å². The summed E-state index contributed by atoms with van der Waals surface area (Å²) < 4.78 is 15.1. The van der Waals surface area contributed by atoms with Crippen LogP contribution in [0.25, 0.3) is 0 Å². The average Bonchev–Trinajstić information content (AvgIpc) is 3.23. The minimum atomic E-state index is -0.492. The normalized spacial score (nSPS) is 18.1. The van der Waals surface area contributed by atoms with Gasteiger partial charge in [0.05, 0.1) is 21.8 Å². The van der Waals surface area contributed by atoms with Crippen molar-refractivity contribution in [1.29, 1.82) is 0 Å². The lowest BCUT2D eigenvalue weighted by molar-refractivity contribution is -0.127. The molecule has 5 rings (SSSR count). The molecule has 1 saturated heterocycles. The number of benzene rings is 2. The molecule has 1 atom stereocenters. The molecule has 3 aromatic rings. The second-order valence-electron chi connectivity index (χ2n) is 8.59. The first-order valence-corrected chi connectivity index (χ1v) is 11.8. The standard InChI is InChI=1S/C25H24Cl2FN5O/c1-16-14-29-33-23(19-4-3-5-21(26)22(19)27)20(15-30(2)24(16)33)25(34)32-12-10-31(11-13-32)18-8-6-17(28)7-9-18/h3-9,14-15,23H,10-13H2,1-2H3. The Bertz CT molecular complexity index is 1260. The number of rotatable bonds is 3. The number of nitrogens with zero attached hydrogens (tertiary/aromatic N) is 5. The summed E-state index contributed by atoms with van der Waals surface area (Å²) >= 11 is 13.0. The Labute approximate surface area is 207 Å². The zero-order valence-electron chi connectivity index (χ0n) is 18.9. The first kappa shape index (κ1) is 22.7. The van der Waals surface area contributed by atoms with Crippen molar-refractivity contribution < 1.29 is 9.18 Å². The van der Waals surface area contributed by atoms with E-state index in [1.54, 1.807) is 24.4 Å². The molecular weight excluding hydrogens is 476 g/mol. The maximum Gasteiger partial charge on any atom is 0.253 e. The summed E-state index contributed by atoms with van der Waals surface area (Å²) in [5, 5.41) is 5.44. The zero-order valence-corrected chi connectivity index (χ0v) is 20.4. The van der Waals surface area contributed by atoms with Crippen molar-refractivity contribution in [1.82, 2.24) is 14.7 Å². The highest BCUT2D eigenvalue weighted by atomic mass is 35.5. The van der Waals surface area contributed by atoms with Crippen molar-refractivity contribution >= 4 is 40.6 Å². The van der Waals surface area contributed by atoms with Crippen molar-refractivity contribution in [2.45, 2.75) is 13.0 Å². The van der Waals surface area contributed by atoms with E-state index in [2.05, 4.69) is 10.00 Å². The van der Waals surface area contributed by atoms with E-state index in [1.807, 2.05) is 46.8 Å². The van der Waals surface area contributed by atoms with Gasteiger partial charge >= 0.3 is 0 Å². The molecule has 0 radical (unpaired) electrons. The highest BCUT2D eigenvalue weighted by Gasteiger charge is 2.37. The Morgan fingerprint density at radius 2 is 1.76 bits per heavy atom. The molecule has 0 aliphatic carbocycles. The number of anilines is 2. The SMILES string of the molecule is Cc1cnn2c1N(C)C=C(C(=O)N1CCN(c3ccc(F)cc3)CC1)C2c1cccc(Cl)c1Cl. The Kier molecular flexibility index (Phi) is 6.00. The van der Waals surface area contributed by atoms with Crippen molar-refractivity contribution in [3.8, 4) is 0 Å². The van der Waals surface area contributed by atoms with Crippen molar-refractivity contribution in [3.05, 3.63) is 87.4 Å². The van der Waals surface area contributed by atoms with Crippen LogP contribution in [-0.2, 0) is 4.79 Å². The molecule has 2 aliphatic heterocycles. The summed E-state index contributed by atoms with van der Waals surface area (Å²) in [6, 6.07) is 11.4. The van der Waals surface area contributed by atoms with Crippen LogP contribution in [0.3, 0.4) is 0 Å². The van der Waals surface area contributed by atoms with E-state index >= 15 is 0 Å². The molecule has 3 heterocycles. The summed E-state index contributed by atoms with van der Waals surface area (Å²) in [6.45, 7) is 4.42. The highest BCUT2D eigenvalue weighted by Crippen LogP contribution is 2.41. The van der Waals surface area contributed by atoms with Gasteiger partial charge in [-0.25, -0.2) is 9.07 Å². The van der Waals surface area contributed by atoms with Crippen molar-refractivity contribution in [3.63, 3.8) is 0 Å². The van der Waals surface area contributed by atoms with E-state index in [0.29, 0.717) is 41.8 Å². The molecule has 2 aliphatic rings. The first-order chi connectivity index (χ1) is 16.3. The Morgan fingerprint density at radius 3 is 2.47 bits per heavy atom. The van der Waals surface area contributed by atoms with Gasteiger partial charge in [-0.1, -0.05) is 35.3 Å². The van der Waals surface area contributed by atoms with E-state index < -0.39 is 6.04 Å². The quantitative estimate of drug-likeness (QED) is 0.513. The third kappa shape index (κ3) is 3.93. The van der Waals surface area contributed by atoms with Crippen molar-refractivity contribution in [2.75, 3.05) is 43.0 Å². The van der Waals surface area contributed by atoms with Crippen LogP contribution >= 0.6 is 23.2 Å². The van der Waals surface area contributed by atoms with Gasteiger partial charge in [-0.15, -0.1) is 0 Å². The monoisotopic (exact) mass is 499 g/mol. The van der Waals surface area contributed by atoms with Crippen LogP contribution in [0.5, 0.6) is 0 Å². The molecule has 1 aromatic heterocycles. The lowest BCUT2D eigenvalue weighted by Crippen LogP contribution is -2.50. The Hall–Kier alpha value is -3.03. The molecule has 1 unspecified atom stereocenters. The molecule has 176 valence electrons. The predicted octanol–water partition coefficient (Wildman–Crippen LogP) is 4.91. The number of fused-ring (bicyclic) bond motifs is 1.